The highest BCUT2D eigenvalue weighted by Crippen LogP contribution is 2.23. The molecule has 2 rings (SSSR count). The molecule has 0 atom stereocenters. The van der Waals surface area contributed by atoms with Gasteiger partial charge >= 0.3 is 6.09 Å². The molecule has 114 valence electrons. The molecule has 0 aliphatic carbocycles. The smallest absolute Gasteiger partial charge is 0.409 e. The molecule has 1 N–H and O–H groups in total. The summed E-state index contributed by atoms with van der Waals surface area (Å²) < 4.78 is 4.93. The third kappa shape index (κ3) is 3.58. The van der Waals surface area contributed by atoms with Crippen molar-refractivity contribution in [1.82, 2.24) is 9.80 Å². The summed E-state index contributed by atoms with van der Waals surface area (Å²) in [5.74, 6) is -0.257. The quantitative estimate of drug-likeness (QED) is 0.906. The van der Waals surface area contributed by atoms with Crippen LogP contribution in [0.15, 0.2) is 18.2 Å². The number of phenols is 1. The fourth-order valence-electron chi connectivity index (χ4n) is 2.15. The van der Waals surface area contributed by atoms with Crippen molar-refractivity contribution in [2.75, 3.05) is 32.8 Å². The molecule has 0 unspecified atom stereocenters. The van der Waals surface area contributed by atoms with Crippen molar-refractivity contribution in [3.05, 3.63) is 28.8 Å². The van der Waals surface area contributed by atoms with Crippen molar-refractivity contribution in [1.29, 1.82) is 0 Å². The summed E-state index contributed by atoms with van der Waals surface area (Å²) in [6, 6.07) is 4.26. The van der Waals surface area contributed by atoms with Crippen LogP contribution in [-0.2, 0) is 4.74 Å². The molecule has 0 saturated carbocycles. The van der Waals surface area contributed by atoms with Crippen molar-refractivity contribution in [2.45, 2.75) is 6.92 Å². The predicted molar refractivity (Wildman–Crippen MR) is 77.6 cm³/mol. The molecule has 0 bridgehead atoms. The third-order valence-corrected chi connectivity index (χ3v) is 3.60. The van der Waals surface area contributed by atoms with E-state index in [1.54, 1.807) is 16.7 Å². The van der Waals surface area contributed by atoms with Gasteiger partial charge in [0.1, 0.15) is 5.75 Å². The van der Waals surface area contributed by atoms with Crippen molar-refractivity contribution in [3.63, 3.8) is 0 Å². The van der Waals surface area contributed by atoms with Gasteiger partial charge in [-0.05, 0) is 25.1 Å². The van der Waals surface area contributed by atoms with Crippen LogP contribution in [0.25, 0.3) is 0 Å². The molecule has 1 heterocycles. The van der Waals surface area contributed by atoms with E-state index >= 15 is 0 Å². The number of hydrogen-bond acceptors (Lipinski definition) is 4. The Labute approximate surface area is 127 Å². The first-order valence-electron chi connectivity index (χ1n) is 6.72. The average Bonchev–Trinajstić information content (AvgIpc) is 2.49. The van der Waals surface area contributed by atoms with Crippen LogP contribution in [-0.4, -0.2) is 59.7 Å². The summed E-state index contributed by atoms with van der Waals surface area (Å²) in [6.45, 7) is 3.73. The molecule has 21 heavy (non-hydrogen) atoms. The first-order chi connectivity index (χ1) is 10.0. The summed E-state index contributed by atoms with van der Waals surface area (Å²) in [5.41, 5.74) is 0.265. The SMILES string of the molecule is CCOC(=O)N1CCN(C(=O)c2cc(O)ccc2Cl)CC1. The highest BCUT2D eigenvalue weighted by Gasteiger charge is 2.26. The molecular formula is C14H17ClN2O4. The molecule has 1 saturated heterocycles. The predicted octanol–water partition coefficient (Wildman–Crippen LogP) is 1.96. The van der Waals surface area contributed by atoms with E-state index in [1.807, 2.05) is 0 Å². The van der Waals surface area contributed by atoms with Crippen LogP contribution in [0.4, 0.5) is 4.79 Å². The van der Waals surface area contributed by atoms with Crippen molar-refractivity contribution < 1.29 is 19.4 Å². The second kappa shape index (κ2) is 6.67. The zero-order valence-corrected chi connectivity index (χ0v) is 12.5. The van der Waals surface area contributed by atoms with E-state index in [2.05, 4.69) is 0 Å². The van der Waals surface area contributed by atoms with Gasteiger partial charge in [-0.2, -0.15) is 0 Å². The lowest BCUT2D eigenvalue weighted by Gasteiger charge is -2.34. The van der Waals surface area contributed by atoms with Gasteiger partial charge < -0.3 is 19.6 Å². The number of rotatable bonds is 2. The minimum Gasteiger partial charge on any atom is -0.508 e. The zero-order valence-electron chi connectivity index (χ0n) is 11.7. The van der Waals surface area contributed by atoms with Crippen LogP contribution in [0.2, 0.25) is 5.02 Å². The van der Waals surface area contributed by atoms with Crippen molar-refractivity contribution in [3.8, 4) is 5.75 Å². The molecule has 1 aliphatic rings. The fourth-order valence-corrected chi connectivity index (χ4v) is 2.35. The molecule has 1 fully saturated rings. The molecule has 1 aromatic rings. The number of halogens is 1. The van der Waals surface area contributed by atoms with Gasteiger partial charge in [0.05, 0.1) is 17.2 Å². The van der Waals surface area contributed by atoms with Crippen molar-refractivity contribution >= 4 is 23.6 Å². The van der Waals surface area contributed by atoms with E-state index in [1.165, 1.54) is 18.2 Å². The number of hydrogen-bond donors (Lipinski definition) is 1. The Kier molecular flexibility index (Phi) is 4.90. The maximum atomic E-state index is 12.4. The molecular weight excluding hydrogens is 296 g/mol. The van der Waals surface area contributed by atoms with Crippen LogP contribution < -0.4 is 0 Å². The standard InChI is InChI=1S/C14H17ClN2O4/c1-2-21-14(20)17-7-5-16(6-8-17)13(19)11-9-10(18)3-4-12(11)15/h3-4,9,18H,2,5-8H2,1H3. The van der Waals surface area contributed by atoms with Gasteiger partial charge in [-0.1, -0.05) is 11.6 Å². The van der Waals surface area contributed by atoms with E-state index in [0.29, 0.717) is 37.8 Å². The van der Waals surface area contributed by atoms with Gasteiger partial charge in [-0.3, -0.25) is 4.79 Å². The number of nitrogens with zero attached hydrogens (tertiary/aromatic N) is 2. The lowest BCUT2D eigenvalue weighted by atomic mass is 10.1. The van der Waals surface area contributed by atoms with Crippen LogP contribution >= 0.6 is 11.6 Å². The summed E-state index contributed by atoms with van der Waals surface area (Å²) >= 11 is 5.99. The van der Waals surface area contributed by atoms with E-state index < -0.39 is 0 Å². The number of ether oxygens (including phenoxy) is 1. The van der Waals surface area contributed by atoms with E-state index in [0.717, 1.165) is 0 Å². The molecule has 1 aliphatic heterocycles. The van der Waals surface area contributed by atoms with Crippen LogP contribution in [0.1, 0.15) is 17.3 Å². The number of amides is 2. The summed E-state index contributed by atoms with van der Waals surface area (Å²) in [6.07, 6.45) is -0.361. The second-order valence-electron chi connectivity index (χ2n) is 4.64. The molecule has 0 spiro atoms. The minimum atomic E-state index is -0.361. The summed E-state index contributed by atoms with van der Waals surface area (Å²) in [7, 11) is 0. The molecule has 6 nitrogen and oxygen atoms in total. The number of carbonyl (C=O) groups is 2. The maximum Gasteiger partial charge on any atom is 0.409 e. The molecule has 1 aromatic carbocycles. The van der Waals surface area contributed by atoms with Crippen LogP contribution in [0, 0.1) is 0 Å². The number of carbonyl (C=O) groups excluding carboxylic acids is 2. The highest BCUT2D eigenvalue weighted by atomic mass is 35.5. The topological polar surface area (TPSA) is 70.1 Å². The first-order valence-corrected chi connectivity index (χ1v) is 7.10. The maximum absolute atomic E-state index is 12.4. The highest BCUT2D eigenvalue weighted by molar-refractivity contribution is 6.33. The Bertz CT molecular complexity index is 542. The summed E-state index contributed by atoms with van der Waals surface area (Å²) in [4.78, 5) is 27.1. The molecule has 0 aromatic heterocycles. The molecule has 0 radical (unpaired) electrons. The fraction of sp³-hybridized carbons (Fsp3) is 0.429. The number of phenolic OH excluding ortho intramolecular Hbond substituents is 1. The Balaban J connectivity index is 2.00. The summed E-state index contributed by atoms with van der Waals surface area (Å²) in [5, 5.41) is 9.76. The van der Waals surface area contributed by atoms with E-state index in [-0.39, 0.29) is 23.3 Å². The van der Waals surface area contributed by atoms with Gasteiger partial charge in [0, 0.05) is 26.2 Å². The van der Waals surface area contributed by atoms with E-state index in [4.69, 9.17) is 16.3 Å². The number of piperazine rings is 1. The van der Waals surface area contributed by atoms with Gasteiger partial charge in [0.15, 0.2) is 0 Å². The van der Waals surface area contributed by atoms with Gasteiger partial charge in [0.25, 0.3) is 5.91 Å². The first kappa shape index (κ1) is 15.4. The van der Waals surface area contributed by atoms with E-state index in [9.17, 15) is 14.7 Å². The normalized spacial score (nSPS) is 15.0. The van der Waals surface area contributed by atoms with Gasteiger partial charge in [-0.15, -0.1) is 0 Å². The largest absolute Gasteiger partial charge is 0.508 e. The second-order valence-corrected chi connectivity index (χ2v) is 5.05. The lowest BCUT2D eigenvalue weighted by Crippen LogP contribution is -2.50. The zero-order chi connectivity index (χ0) is 15.4. The molecule has 2 amide bonds. The van der Waals surface area contributed by atoms with Gasteiger partial charge in [-0.25, -0.2) is 4.79 Å². The number of benzene rings is 1. The van der Waals surface area contributed by atoms with Crippen LogP contribution in [0.3, 0.4) is 0 Å². The molecule has 7 heteroatoms. The lowest BCUT2D eigenvalue weighted by molar-refractivity contribution is 0.0570. The Hall–Kier alpha value is -1.95. The van der Waals surface area contributed by atoms with Crippen molar-refractivity contribution in [2.24, 2.45) is 0 Å². The Morgan fingerprint density at radius 1 is 1.24 bits per heavy atom. The number of aromatic hydroxyl groups is 1. The minimum absolute atomic E-state index is 0.00657. The van der Waals surface area contributed by atoms with Crippen LogP contribution in [0.5, 0.6) is 5.75 Å². The third-order valence-electron chi connectivity index (χ3n) is 3.27. The average molecular weight is 313 g/mol. The Morgan fingerprint density at radius 3 is 2.48 bits per heavy atom. The monoisotopic (exact) mass is 312 g/mol. The Morgan fingerprint density at radius 2 is 1.86 bits per heavy atom. The van der Waals surface area contributed by atoms with Gasteiger partial charge in [0.2, 0.25) is 0 Å².